The number of ether oxygens (including phenoxy) is 2. The van der Waals surface area contributed by atoms with Gasteiger partial charge in [-0.1, -0.05) is 44.5 Å². The Kier molecular flexibility index (Phi) is 9.87. The number of benzene rings is 1. The Hall–Kier alpha value is -3.23. The Morgan fingerprint density at radius 2 is 1.91 bits per heavy atom. The molecule has 0 amide bonds. The lowest BCUT2D eigenvalue weighted by molar-refractivity contribution is -0.167. The fourth-order valence-corrected chi connectivity index (χ4v) is 6.97. The van der Waals surface area contributed by atoms with Crippen LogP contribution in [0.1, 0.15) is 79.9 Å². The van der Waals surface area contributed by atoms with Gasteiger partial charge in [0.2, 0.25) is 5.62 Å². The predicted octanol–water partition coefficient (Wildman–Crippen LogP) is 5.56. The van der Waals surface area contributed by atoms with Crippen molar-refractivity contribution in [3.8, 4) is 0 Å². The van der Waals surface area contributed by atoms with Gasteiger partial charge in [0.15, 0.2) is 0 Å². The van der Waals surface area contributed by atoms with Crippen LogP contribution in [0.4, 0.5) is 0 Å². The summed E-state index contributed by atoms with van der Waals surface area (Å²) in [6, 6.07) is 8.82. The minimum Gasteiger partial charge on any atom is -0.512 e. The quantitative estimate of drug-likeness (QED) is 0.366. The van der Waals surface area contributed by atoms with E-state index in [1.807, 2.05) is 31.5 Å². The summed E-state index contributed by atoms with van der Waals surface area (Å²) in [6.07, 6.45) is 7.25. The first-order valence-corrected chi connectivity index (χ1v) is 16.0. The summed E-state index contributed by atoms with van der Waals surface area (Å²) in [5.74, 6) is -0.0787. The van der Waals surface area contributed by atoms with Gasteiger partial charge >= 0.3 is 5.97 Å². The van der Waals surface area contributed by atoms with Crippen LogP contribution >= 0.6 is 0 Å². The Morgan fingerprint density at radius 3 is 2.60 bits per heavy atom. The zero-order valence-electron chi connectivity index (χ0n) is 26.5. The molecule has 1 saturated carbocycles. The Bertz CT molecular complexity index is 1450. The molecule has 3 aliphatic rings. The minimum absolute atomic E-state index is 0.118. The molecule has 0 radical (unpaired) electrons. The van der Waals surface area contributed by atoms with E-state index in [-0.39, 0.29) is 23.7 Å². The number of morpholine rings is 1. The molecule has 1 aromatic carbocycles. The van der Waals surface area contributed by atoms with Gasteiger partial charge in [-0.15, -0.1) is 0 Å². The van der Waals surface area contributed by atoms with E-state index in [0.717, 1.165) is 82.8 Å². The van der Waals surface area contributed by atoms with Crippen LogP contribution in [-0.4, -0.2) is 57.4 Å². The highest BCUT2D eigenvalue weighted by Gasteiger charge is 2.48. The number of rotatable bonds is 10. The second kappa shape index (κ2) is 13.6. The molecule has 1 saturated heterocycles. The molecule has 232 valence electrons. The van der Waals surface area contributed by atoms with Gasteiger partial charge < -0.3 is 19.1 Å². The molecular weight excluding hydrogens is 540 g/mol. The fraction of sp³-hybridized carbons (Fsp3) is 0.571. The highest BCUT2D eigenvalue weighted by molar-refractivity contribution is 5.90. The molecule has 1 N–H and O–H groups in total. The highest BCUT2D eigenvalue weighted by atomic mass is 16.6. The third kappa shape index (κ3) is 7.29. The normalized spacial score (nSPS) is 22.3. The number of allylic oxidation sites excluding steroid dienone is 1. The average molecular weight is 589 g/mol. The maximum atomic E-state index is 13.5. The lowest BCUT2D eigenvalue weighted by atomic mass is 9.76. The topological polar surface area (TPSA) is 89.2 Å². The molecule has 2 fully saturated rings. The summed E-state index contributed by atoms with van der Waals surface area (Å²) >= 11 is 0. The van der Waals surface area contributed by atoms with Gasteiger partial charge in [0.1, 0.15) is 11.4 Å². The number of aromatic nitrogens is 2. The van der Waals surface area contributed by atoms with Crippen LogP contribution in [0.15, 0.2) is 52.9 Å². The number of cyclic esters (lactones) is 1. The number of aryl methyl sites for hydroxylation is 4. The van der Waals surface area contributed by atoms with Crippen LogP contribution in [0.25, 0.3) is 0 Å². The molecule has 1 atom stereocenters. The Morgan fingerprint density at radius 1 is 1.16 bits per heavy atom. The van der Waals surface area contributed by atoms with Gasteiger partial charge in [-0.2, -0.15) is 0 Å². The number of hydrogen-bond acceptors (Lipinski definition) is 7. The summed E-state index contributed by atoms with van der Waals surface area (Å²) in [6.45, 7) is 14.7. The van der Waals surface area contributed by atoms with E-state index in [0.29, 0.717) is 24.2 Å². The second-order valence-corrected chi connectivity index (χ2v) is 12.6. The summed E-state index contributed by atoms with van der Waals surface area (Å²) in [5.41, 5.74) is 6.44. The first-order valence-electron chi connectivity index (χ1n) is 16.0. The van der Waals surface area contributed by atoms with Crippen molar-refractivity contribution in [2.45, 2.75) is 90.7 Å². The molecule has 0 bridgehead atoms. The maximum absolute atomic E-state index is 13.5. The zero-order valence-corrected chi connectivity index (χ0v) is 26.5. The molecule has 1 aromatic heterocycles. The average Bonchev–Trinajstić information content (AvgIpc) is 3.54. The molecule has 1 unspecified atom stereocenters. The van der Waals surface area contributed by atoms with Gasteiger partial charge in [-0.25, -0.2) is 14.8 Å². The molecule has 1 aliphatic carbocycles. The van der Waals surface area contributed by atoms with Crippen molar-refractivity contribution >= 4 is 5.97 Å². The van der Waals surface area contributed by atoms with E-state index in [2.05, 4.69) is 46.6 Å². The lowest BCUT2D eigenvalue weighted by Crippen LogP contribution is -2.46. The van der Waals surface area contributed by atoms with Gasteiger partial charge in [-0.3, -0.25) is 4.90 Å². The molecule has 43 heavy (non-hydrogen) atoms. The van der Waals surface area contributed by atoms with E-state index < -0.39 is 11.6 Å². The van der Waals surface area contributed by atoms with E-state index in [1.165, 1.54) is 16.7 Å². The number of carbonyl (C=O) groups is 1. The number of aliphatic hydroxyl groups is 1. The third-order valence-electron chi connectivity index (χ3n) is 9.60. The predicted molar refractivity (Wildman–Crippen MR) is 167 cm³/mol. The van der Waals surface area contributed by atoms with Crippen LogP contribution in [0.2, 0.25) is 0 Å². The second-order valence-electron chi connectivity index (χ2n) is 12.6. The monoisotopic (exact) mass is 588 g/mol. The third-order valence-corrected chi connectivity index (χ3v) is 9.60. The number of hydrogen-bond donors (Lipinski definition) is 1. The van der Waals surface area contributed by atoms with Crippen LogP contribution in [0, 0.1) is 19.8 Å². The maximum Gasteiger partial charge on any atom is 0.338 e. The van der Waals surface area contributed by atoms with Crippen LogP contribution < -0.4 is 5.62 Å². The molecule has 8 heteroatoms. The summed E-state index contributed by atoms with van der Waals surface area (Å²) in [5, 5.41) is 11.3. The molecule has 5 rings (SSSR count). The SMILES string of the molecule is C=C(CC1=C(O)CC(CCc2ccc(CN3CCOCC3)c(CC)c2)(C2CCCC2)OC1=O)N=c1nc(C)cc(C)n1C. The number of carbonyl (C=O) groups excluding carboxylic acids is 1. The fourth-order valence-electron chi connectivity index (χ4n) is 6.97. The van der Waals surface area contributed by atoms with Crippen LogP contribution in [0.3, 0.4) is 0 Å². The molecule has 3 heterocycles. The van der Waals surface area contributed by atoms with Crippen molar-refractivity contribution in [3.05, 3.63) is 81.6 Å². The first kappa shape index (κ1) is 31.2. The van der Waals surface area contributed by atoms with E-state index >= 15 is 0 Å². The van der Waals surface area contributed by atoms with Gasteiger partial charge in [-0.05, 0) is 74.6 Å². The molecule has 8 nitrogen and oxygen atoms in total. The standard InChI is InChI=1S/C35H48N4O4/c1-6-28-21-27(11-12-29(28)23-39-15-17-42-18-16-39)13-14-35(30-9-7-8-10-30)22-32(40)31(33(41)43-35)20-25(3)37-34-36-24(2)19-26(4)38(34)5/h11-12,19,21,30,40H,3,6-10,13-18,20,22-23H2,1-2,4-5H3. The van der Waals surface area contributed by atoms with Crippen LogP contribution in [-0.2, 0) is 40.7 Å². The lowest BCUT2D eigenvalue weighted by Gasteiger charge is -2.42. The minimum atomic E-state index is -0.694. The van der Waals surface area contributed by atoms with Gasteiger partial charge in [0, 0.05) is 56.6 Å². The Labute approximate surface area is 256 Å². The number of esters is 1. The summed E-state index contributed by atoms with van der Waals surface area (Å²) in [7, 11) is 1.90. The summed E-state index contributed by atoms with van der Waals surface area (Å²) in [4.78, 5) is 25.1. The van der Waals surface area contributed by atoms with Crippen molar-refractivity contribution in [1.82, 2.24) is 14.5 Å². The van der Waals surface area contributed by atoms with Crippen molar-refractivity contribution in [2.75, 3.05) is 26.3 Å². The van der Waals surface area contributed by atoms with Crippen molar-refractivity contribution in [2.24, 2.45) is 18.0 Å². The molecule has 2 aromatic rings. The zero-order chi connectivity index (χ0) is 30.6. The van der Waals surface area contributed by atoms with E-state index in [4.69, 9.17) is 9.47 Å². The van der Waals surface area contributed by atoms with Crippen molar-refractivity contribution in [1.29, 1.82) is 0 Å². The smallest absolute Gasteiger partial charge is 0.338 e. The van der Waals surface area contributed by atoms with E-state index in [1.54, 1.807) is 0 Å². The molecule has 0 spiro atoms. The highest BCUT2D eigenvalue weighted by Crippen LogP contribution is 2.46. The molecule has 2 aliphatic heterocycles. The van der Waals surface area contributed by atoms with Crippen molar-refractivity contribution in [3.63, 3.8) is 0 Å². The van der Waals surface area contributed by atoms with Gasteiger partial charge in [0.05, 0.1) is 18.8 Å². The van der Waals surface area contributed by atoms with Crippen LogP contribution in [0.5, 0.6) is 0 Å². The summed E-state index contributed by atoms with van der Waals surface area (Å²) < 4.78 is 13.8. The first-order chi connectivity index (χ1) is 20.7. The van der Waals surface area contributed by atoms with Crippen molar-refractivity contribution < 1.29 is 19.4 Å². The molecular formula is C35H48N4O4. The Balaban J connectivity index is 1.33. The van der Waals surface area contributed by atoms with Gasteiger partial charge in [0.25, 0.3) is 0 Å². The largest absolute Gasteiger partial charge is 0.512 e. The number of nitrogens with zero attached hydrogens (tertiary/aromatic N) is 4. The number of aliphatic hydroxyl groups excluding tert-OH is 1. The van der Waals surface area contributed by atoms with E-state index in [9.17, 15) is 9.90 Å².